The number of esters is 1. The molecular formula is C22H32O3. The van der Waals surface area contributed by atoms with Crippen molar-refractivity contribution in [3.8, 4) is 0 Å². The minimum absolute atomic E-state index is 0.0411. The predicted octanol–water partition coefficient (Wildman–Crippen LogP) is 4.84. The molecule has 0 heterocycles. The van der Waals surface area contributed by atoms with E-state index in [1.54, 1.807) is 0 Å². The SMILES string of the molecule is CCC(=O)O[C@H]1CC[C@H]2[C@@H]3CCC4=CC(=O)CC[C@@]4(C)[C@H]3CC[C@]12C. The molecule has 0 amide bonds. The Hall–Kier alpha value is -1.12. The molecule has 0 aromatic rings. The zero-order valence-electron chi connectivity index (χ0n) is 16.0. The van der Waals surface area contributed by atoms with E-state index >= 15 is 0 Å². The number of carbonyl (C=O) groups excluding carboxylic acids is 2. The first-order chi connectivity index (χ1) is 11.9. The van der Waals surface area contributed by atoms with E-state index in [0.717, 1.165) is 38.0 Å². The molecule has 25 heavy (non-hydrogen) atoms. The molecule has 6 atom stereocenters. The van der Waals surface area contributed by atoms with Crippen molar-refractivity contribution in [2.75, 3.05) is 0 Å². The number of hydrogen-bond donors (Lipinski definition) is 0. The number of ether oxygens (including phenoxy) is 1. The molecule has 0 radical (unpaired) electrons. The lowest BCUT2D eigenvalue weighted by Gasteiger charge is -2.57. The molecule has 4 aliphatic carbocycles. The van der Waals surface area contributed by atoms with E-state index in [0.29, 0.717) is 24.0 Å². The lowest BCUT2D eigenvalue weighted by Crippen LogP contribution is -2.51. The Morgan fingerprint density at radius 3 is 2.68 bits per heavy atom. The second-order valence-electron chi connectivity index (χ2n) is 9.42. The fourth-order valence-electron chi connectivity index (χ4n) is 6.95. The first kappa shape index (κ1) is 17.3. The van der Waals surface area contributed by atoms with Crippen LogP contribution in [0.15, 0.2) is 11.6 Å². The third-order valence-corrected chi connectivity index (χ3v) is 8.44. The van der Waals surface area contributed by atoms with E-state index in [4.69, 9.17) is 4.74 Å². The Morgan fingerprint density at radius 2 is 1.92 bits per heavy atom. The van der Waals surface area contributed by atoms with Crippen molar-refractivity contribution in [2.45, 2.75) is 84.7 Å². The van der Waals surface area contributed by atoms with Crippen LogP contribution < -0.4 is 0 Å². The normalized spacial score (nSPS) is 45.9. The topological polar surface area (TPSA) is 43.4 Å². The molecule has 0 N–H and O–H groups in total. The van der Waals surface area contributed by atoms with Gasteiger partial charge in [-0.05, 0) is 74.2 Å². The first-order valence-corrected chi connectivity index (χ1v) is 10.3. The van der Waals surface area contributed by atoms with Crippen LogP contribution in [0.4, 0.5) is 0 Å². The minimum Gasteiger partial charge on any atom is -0.462 e. The first-order valence-electron chi connectivity index (χ1n) is 10.3. The molecule has 0 unspecified atom stereocenters. The van der Waals surface area contributed by atoms with Gasteiger partial charge in [-0.25, -0.2) is 0 Å². The van der Waals surface area contributed by atoms with Crippen LogP contribution in [0.2, 0.25) is 0 Å². The zero-order chi connectivity index (χ0) is 17.8. The Labute approximate surface area is 151 Å². The van der Waals surface area contributed by atoms with Crippen molar-refractivity contribution in [3.63, 3.8) is 0 Å². The maximum atomic E-state index is 11.9. The monoisotopic (exact) mass is 344 g/mol. The van der Waals surface area contributed by atoms with Gasteiger partial charge >= 0.3 is 5.97 Å². The Balaban J connectivity index is 1.59. The van der Waals surface area contributed by atoms with E-state index in [9.17, 15) is 9.59 Å². The second kappa shape index (κ2) is 5.96. The van der Waals surface area contributed by atoms with Crippen LogP contribution in [0.3, 0.4) is 0 Å². The van der Waals surface area contributed by atoms with Crippen LogP contribution in [0.1, 0.15) is 78.6 Å². The van der Waals surface area contributed by atoms with Crippen LogP contribution in [0, 0.1) is 28.6 Å². The molecule has 0 aromatic carbocycles. The van der Waals surface area contributed by atoms with Gasteiger partial charge in [-0.3, -0.25) is 9.59 Å². The third kappa shape index (κ3) is 2.52. The summed E-state index contributed by atoms with van der Waals surface area (Å²) in [6.07, 6.45) is 11.3. The van der Waals surface area contributed by atoms with Gasteiger partial charge in [-0.2, -0.15) is 0 Å². The van der Waals surface area contributed by atoms with Gasteiger partial charge in [0.15, 0.2) is 5.78 Å². The molecule has 3 fully saturated rings. The van der Waals surface area contributed by atoms with Gasteiger partial charge in [0, 0.05) is 18.3 Å². The Bertz CT molecular complexity index is 621. The molecule has 3 nitrogen and oxygen atoms in total. The standard InChI is InChI=1S/C22H32O3/c1-4-20(24)25-19-8-7-17-16-6-5-14-13-15(23)9-11-21(14,2)18(16)10-12-22(17,19)3/h13,16-19H,4-12H2,1-3H3/t16-,17-,18-,19-,21+,22-/m0/s1. The highest BCUT2D eigenvalue weighted by Crippen LogP contribution is 2.65. The summed E-state index contributed by atoms with van der Waals surface area (Å²) in [4.78, 5) is 23.8. The summed E-state index contributed by atoms with van der Waals surface area (Å²) >= 11 is 0. The van der Waals surface area contributed by atoms with Crippen molar-refractivity contribution < 1.29 is 14.3 Å². The summed E-state index contributed by atoms with van der Waals surface area (Å²) in [6, 6.07) is 0. The average Bonchev–Trinajstić information content (AvgIpc) is 2.92. The maximum absolute atomic E-state index is 11.9. The van der Waals surface area contributed by atoms with Gasteiger partial charge in [0.25, 0.3) is 0 Å². The molecular weight excluding hydrogens is 312 g/mol. The molecule has 3 heteroatoms. The molecule has 0 saturated heterocycles. The van der Waals surface area contributed by atoms with E-state index in [1.165, 1.54) is 24.8 Å². The molecule has 3 saturated carbocycles. The summed E-state index contributed by atoms with van der Waals surface area (Å²) in [5.74, 6) is 2.41. The van der Waals surface area contributed by atoms with Crippen molar-refractivity contribution in [2.24, 2.45) is 28.6 Å². The number of fused-ring (bicyclic) bond motifs is 5. The van der Waals surface area contributed by atoms with Crippen LogP contribution in [0.25, 0.3) is 0 Å². The molecule has 0 aliphatic heterocycles. The highest BCUT2D eigenvalue weighted by atomic mass is 16.5. The summed E-state index contributed by atoms with van der Waals surface area (Å²) in [5.41, 5.74) is 1.82. The van der Waals surface area contributed by atoms with Crippen LogP contribution in [0.5, 0.6) is 0 Å². The lowest BCUT2D eigenvalue weighted by atomic mass is 9.47. The molecule has 0 aromatic heterocycles. The summed E-state index contributed by atoms with van der Waals surface area (Å²) in [5, 5.41) is 0. The van der Waals surface area contributed by atoms with Crippen LogP contribution in [-0.4, -0.2) is 17.9 Å². The number of carbonyl (C=O) groups is 2. The average molecular weight is 344 g/mol. The van der Waals surface area contributed by atoms with Crippen LogP contribution >= 0.6 is 0 Å². The smallest absolute Gasteiger partial charge is 0.305 e. The minimum atomic E-state index is -0.0411. The van der Waals surface area contributed by atoms with E-state index in [1.807, 2.05) is 13.0 Å². The summed E-state index contributed by atoms with van der Waals surface area (Å²) < 4.78 is 5.86. The van der Waals surface area contributed by atoms with Gasteiger partial charge in [-0.1, -0.05) is 26.3 Å². The molecule has 4 aliphatic rings. The summed E-state index contributed by atoms with van der Waals surface area (Å²) in [7, 11) is 0. The van der Waals surface area contributed by atoms with E-state index in [2.05, 4.69) is 13.8 Å². The van der Waals surface area contributed by atoms with Gasteiger partial charge in [0.1, 0.15) is 6.10 Å². The molecule has 4 rings (SSSR count). The van der Waals surface area contributed by atoms with Gasteiger partial charge in [-0.15, -0.1) is 0 Å². The lowest BCUT2D eigenvalue weighted by molar-refractivity contribution is -0.159. The number of rotatable bonds is 2. The molecule has 0 bridgehead atoms. The number of hydrogen-bond acceptors (Lipinski definition) is 3. The van der Waals surface area contributed by atoms with Gasteiger partial charge in [0.05, 0.1) is 0 Å². The maximum Gasteiger partial charge on any atom is 0.305 e. The fraction of sp³-hybridized carbons (Fsp3) is 0.818. The zero-order valence-corrected chi connectivity index (χ0v) is 16.0. The van der Waals surface area contributed by atoms with Crippen molar-refractivity contribution >= 4 is 11.8 Å². The fourth-order valence-corrected chi connectivity index (χ4v) is 6.95. The quantitative estimate of drug-likeness (QED) is 0.673. The Morgan fingerprint density at radius 1 is 1.12 bits per heavy atom. The van der Waals surface area contributed by atoms with E-state index in [-0.39, 0.29) is 22.9 Å². The van der Waals surface area contributed by atoms with E-state index < -0.39 is 0 Å². The van der Waals surface area contributed by atoms with Gasteiger partial charge < -0.3 is 4.74 Å². The van der Waals surface area contributed by atoms with Gasteiger partial charge in [0.2, 0.25) is 0 Å². The Kier molecular flexibility index (Phi) is 4.12. The highest BCUT2D eigenvalue weighted by molar-refractivity contribution is 5.91. The van der Waals surface area contributed by atoms with Crippen molar-refractivity contribution in [1.29, 1.82) is 0 Å². The predicted molar refractivity (Wildman–Crippen MR) is 96.9 cm³/mol. The number of ketones is 1. The molecule has 0 spiro atoms. The van der Waals surface area contributed by atoms with Crippen molar-refractivity contribution in [1.82, 2.24) is 0 Å². The van der Waals surface area contributed by atoms with Crippen molar-refractivity contribution in [3.05, 3.63) is 11.6 Å². The summed E-state index contributed by atoms with van der Waals surface area (Å²) in [6.45, 7) is 6.69. The third-order valence-electron chi connectivity index (χ3n) is 8.44. The number of allylic oxidation sites excluding steroid dienone is 1. The largest absolute Gasteiger partial charge is 0.462 e. The highest BCUT2D eigenvalue weighted by Gasteiger charge is 2.59. The second-order valence-corrected chi connectivity index (χ2v) is 9.42. The molecule has 138 valence electrons. The van der Waals surface area contributed by atoms with Crippen LogP contribution in [-0.2, 0) is 14.3 Å².